The van der Waals surface area contributed by atoms with E-state index in [-0.39, 0.29) is 24.0 Å². The fraction of sp³-hybridized carbons (Fsp3) is 0.650. The number of halogens is 2. The number of methoxy groups -OCH3 is 1. The molecule has 0 unspecified atom stereocenters. The highest BCUT2D eigenvalue weighted by atomic mass is 127. The molecule has 162 valence electrons. The number of hydrogen-bond acceptors (Lipinski definition) is 4. The quantitative estimate of drug-likeness (QED) is 0.273. The molecule has 1 aromatic carbocycles. The van der Waals surface area contributed by atoms with Crippen molar-refractivity contribution in [2.45, 2.75) is 53.2 Å². The third kappa shape index (κ3) is 8.61. The van der Waals surface area contributed by atoms with Crippen LogP contribution in [0.2, 0.25) is 5.02 Å². The molecule has 0 amide bonds. The molecule has 0 fully saturated rings. The Hall–Kier alpha value is -0.930. The first-order valence-corrected chi connectivity index (χ1v) is 9.91. The molecule has 0 aliphatic rings. The Labute approximate surface area is 192 Å². The third-order valence-electron chi connectivity index (χ3n) is 4.25. The minimum Gasteiger partial charge on any atom is -0.493 e. The zero-order chi connectivity index (χ0) is 20.4. The van der Waals surface area contributed by atoms with E-state index in [1.807, 2.05) is 19.1 Å². The first kappa shape index (κ1) is 27.1. The van der Waals surface area contributed by atoms with Gasteiger partial charge in [-0.25, -0.2) is 0 Å². The molecule has 1 rings (SSSR count). The molecule has 8 heteroatoms. The summed E-state index contributed by atoms with van der Waals surface area (Å²) < 4.78 is 11.0. The number of aliphatic imine (C=N–C) groups is 1. The van der Waals surface area contributed by atoms with Crippen LogP contribution in [-0.4, -0.2) is 56.8 Å². The van der Waals surface area contributed by atoms with Gasteiger partial charge in [-0.15, -0.1) is 24.0 Å². The lowest BCUT2D eigenvalue weighted by Crippen LogP contribution is -2.45. The van der Waals surface area contributed by atoms with E-state index in [9.17, 15) is 0 Å². The molecule has 0 aliphatic carbocycles. The van der Waals surface area contributed by atoms with Gasteiger partial charge < -0.3 is 20.1 Å². The fourth-order valence-corrected chi connectivity index (χ4v) is 3.27. The van der Waals surface area contributed by atoms with E-state index in [0.717, 1.165) is 24.6 Å². The highest BCUT2D eigenvalue weighted by molar-refractivity contribution is 14.0. The molecule has 0 bridgehead atoms. The molecule has 0 saturated carbocycles. The van der Waals surface area contributed by atoms with Gasteiger partial charge >= 0.3 is 0 Å². The van der Waals surface area contributed by atoms with Gasteiger partial charge in [0.25, 0.3) is 0 Å². The predicted octanol–water partition coefficient (Wildman–Crippen LogP) is 4.15. The normalized spacial score (nSPS) is 11.6. The maximum absolute atomic E-state index is 6.33. The summed E-state index contributed by atoms with van der Waals surface area (Å²) in [6.07, 6.45) is 0. The van der Waals surface area contributed by atoms with Crippen molar-refractivity contribution in [1.82, 2.24) is 15.5 Å². The maximum atomic E-state index is 6.33. The number of benzene rings is 1. The standard InChI is InChI=1S/C20H35ClN4O2.HI/c1-8-27-19-17(21)11-16(12-18(19)26-7)13-24-20(22-6)23-9-10-25(14(2)3)15(4)5;/h11-12,14-15H,8-10,13H2,1-7H3,(H2,22,23,24);1H. The summed E-state index contributed by atoms with van der Waals surface area (Å²) in [5.74, 6) is 1.97. The van der Waals surface area contributed by atoms with E-state index in [2.05, 4.69) is 48.2 Å². The van der Waals surface area contributed by atoms with E-state index < -0.39 is 0 Å². The van der Waals surface area contributed by atoms with Crippen molar-refractivity contribution in [3.8, 4) is 11.5 Å². The minimum absolute atomic E-state index is 0. The molecule has 6 nitrogen and oxygen atoms in total. The summed E-state index contributed by atoms with van der Waals surface area (Å²) in [6, 6.07) is 4.84. The Balaban J connectivity index is 0.00000729. The van der Waals surface area contributed by atoms with Gasteiger partial charge in [0.1, 0.15) is 0 Å². The topological polar surface area (TPSA) is 58.1 Å². The smallest absolute Gasteiger partial charge is 0.191 e. The largest absolute Gasteiger partial charge is 0.493 e. The van der Waals surface area contributed by atoms with Gasteiger partial charge in [-0.3, -0.25) is 9.89 Å². The molecule has 0 aliphatic heterocycles. The molecule has 0 radical (unpaired) electrons. The predicted molar refractivity (Wildman–Crippen MR) is 130 cm³/mol. The second-order valence-corrected chi connectivity index (χ2v) is 7.23. The van der Waals surface area contributed by atoms with Crippen molar-refractivity contribution in [1.29, 1.82) is 0 Å². The van der Waals surface area contributed by atoms with Crippen molar-refractivity contribution >= 4 is 41.5 Å². The second-order valence-electron chi connectivity index (χ2n) is 6.82. The van der Waals surface area contributed by atoms with Crippen molar-refractivity contribution in [3.05, 3.63) is 22.7 Å². The molecule has 0 aromatic heterocycles. The van der Waals surface area contributed by atoms with Gasteiger partial charge in [0, 0.05) is 38.8 Å². The summed E-state index contributed by atoms with van der Waals surface area (Å²) in [4.78, 5) is 6.73. The van der Waals surface area contributed by atoms with Crippen LogP contribution in [0.15, 0.2) is 17.1 Å². The van der Waals surface area contributed by atoms with Crippen LogP contribution in [0.1, 0.15) is 40.2 Å². The van der Waals surface area contributed by atoms with Gasteiger partial charge in [-0.05, 0) is 52.3 Å². The Morgan fingerprint density at radius 3 is 2.32 bits per heavy atom. The number of hydrogen-bond donors (Lipinski definition) is 2. The fourth-order valence-electron chi connectivity index (χ4n) is 2.98. The average molecular weight is 527 g/mol. The van der Waals surface area contributed by atoms with Crippen LogP contribution < -0.4 is 20.1 Å². The first-order chi connectivity index (χ1) is 12.8. The third-order valence-corrected chi connectivity index (χ3v) is 4.53. The van der Waals surface area contributed by atoms with Gasteiger partial charge in [0.2, 0.25) is 0 Å². The van der Waals surface area contributed by atoms with E-state index in [4.69, 9.17) is 21.1 Å². The van der Waals surface area contributed by atoms with Crippen LogP contribution in [-0.2, 0) is 6.54 Å². The summed E-state index contributed by atoms with van der Waals surface area (Å²) >= 11 is 6.33. The van der Waals surface area contributed by atoms with E-state index in [0.29, 0.717) is 41.8 Å². The summed E-state index contributed by atoms with van der Waals surface area (Å²) in [5, 5.41) is 7.22. The lowest BCUT2D eigenvalue weighted by atomic mass is 10.2. The summed E-state index contributed by atoms with van der Waals surface area (Å²) in [5.41, 5.74) is 0.995. The SMILES string of the molecule is CCOc1c(Cl)cc(CNC(=NC)NCCN(C(C)C)C(C)C)cc1OC.I. The molecule has 0 atom stereocenters. The molecule has 1 aromatic rings. The van der Waals surface area contributed by atoms with Gasteiger partial charge in [-0.1, -0.05) is 11.6 Å². The number of nitrogens with zero attached hydrogens (tertiary/aromatic N) is 2. The maximum Gasteiger partial charge on any atom is 0.191 e. The lowest BCUT2D eigenvalue weighted by molar-refractivity contribution is 0.178. The van der Waals surface area contributed by atoms with Crippen LogP contribution in [0.3, 0.4) is 0 Å². The monoisotopic (exact) mass is 526 g/mol. The summed E-state index contributed by atoms with van der Waals surface area (Å²) in [7, 11) is 3.38. The van der Waals surface area contributed by atoms with E-state index >= 15 is 0 Å². The zero-order valence-corrected chi connectivity index (χ0v) is 21.2. The Bertz CT molecular complexity index is 604. The van der Waals surface area contributed by atoms with E-state index in [1.165, 1.54) is 0 Å². The van der Waals surface area contributed by atoms with Crippen molar-refractivity contribution in [2.24, 2.45) is 4.99 Å². The molecular weight excluding hydrogens is 491 g/mol. The molecule has 2 N–H and O–H groups in total. The molecule has 0 spiro atoms. The van der Waals surface area contributed by atoms with Crippen LogP contribution in [0.25, 0.3) is 0 Å². The lowest BCUT2D eigenvalue weighted by Gasteiger charge is -2.30. The molecular formula is C20H36ClIN4O2. The second kappa shape index (κ2) is 14.1. The van der Waals surface area contributed by atoms with Gasteiger partial charge in [0.05, 0.1) is 18.7 Å². The van der Waals surface area contributed by atoms with Crippen LogP contribution >= 0.6 is 35.6 Å². The molecule has 0 saturated heterocycles. The van der Waals surface area contributed by atoms with Gasteiger partial charge in [-0.2, -0.15) is 0 Å². The molecule has 28 heavy (non-hydrogen) atoms. The number of ether oxygens (including phenoxy) is 2. The van der Waals surface area contributed by atoms with Crippen molar-refractivity contribution in [3.63, 3.8) is 0 Å². The van der Waals surface area contributed by atoms with Crippen LogP contribution in [0, 0.1) is 0 Å². The van der Waals surface area contributed by atoms with Crippen molar-refractivity contribution in [2.75, 3.05) is 33.9 Å². The molecule has 0 heterocycles. The van der Waals surface area contributed by atoms with E-state index in [1.54, 1.807) is 14.2 Å². The average Bonchev–Trinajstić information content (AvgIpc) is 2.62. The number of nitrogens with one attached hydrogen (secondary N) is 2. The van der Waals surface area contributed by atoms with Gasteiger partial charge in [0.15, 0.2) is 17.5 Å². The Morgan fingerprint density at radius 1 is 1.18 bits per heavy atom. The number of guanidine groups is 1. The van der Waals surface area contributed by atoms with Crippen LogP contribution in [0.5, 0.6) is 11.5 Å². The van der Waals surface area contributed by atoms with Crippen LogP contribution in [0.4, 0.5) is 0 Å². The highest BCUT2D eigenvalue weighted by Gasteiger charge is 2.14. The van der Waals surface area contributed by atoms with Crippen molar-refractivity contribution < 1.29 is 9.47 Å². The summed E-state index contributed by atoms with van der Waals surface area (Å²) in [6.45, 7) is 13.7. The highest BCUT2D eigenvalue weighted by Crippen LogP contribution is 2.36. The zero-order valence-electron chi connectivity index (χ0n) is 18.1. The first-order valence-electron chi connectivity index (χ1n) is 9.53. The Kier molecular flexibility index (Phi) is 13.6. The minimum atomic E-state index is 0. The Morgan fingerprint density at radius 2 is 1.82 bits per heavy atom. The number of rotatable bonds is 10.